The van der Waals surface area contributed by atoms with Gasteiger partial charge in [0.1, 0.15) is 6.20 Å². The van der Waals surface area contributed by atoms with E-state index in [4.69, 9.17) is 5.11 Å². The van der Waals surface area contributed by atoms with Gasteiger partial charge in [0.2, 0.25) is 5.69 Å². The van der Waals surface area contributed by atoms with Crippen molar-refractivity contribution in [3.63, 3.8) is 0 Å². The highest BCUT2D eigenvalue weighted by atomic mass is 16.6. The summed E-state index contributed by atoms with van der Waals surface area (Å²) in [7, 11) is 0. The van der Waals surface area contributed by atoms with Crippen LogP contribution in [0, 0.1) is 27.2 Å². The van der Waals surface area contributed by atoms with Crippen molar-refractivity contribution >= 4 is 17.3 Å². The number of carbonyl (C=O) groups is 1. The molecule has 1 heterocycles. The molecular formula is C11H8N4O6. The van der Waals surface area contributed by atoms with Crippen LogP contribution in [0.3, 0.4) is 0 Å². The van der Waals surface area contributed by atoms with Crippen LogP contribution in [0.1, 0.15) is 16.1 Å². The highest BCUT2D eigenvalue weighted by molar-refractivity contribution is 5.90. The molecule has 2 aromatic rings. The van der Waals surface area contributed by atoms with Crippen molar-refractivity contribution in [1.82, 2.24) is 9.78 Å². The summed E-state index contributed by atoms with van der Waals surface area (Å²) >= 11 is 0. The standard InChI is InChI=1S/C11H8N4O6/c1-6-4-7(14(18)19)2-3-8(6)13-5-9(15(20)21)10(12-13)11(16)17/h2-5H,1H3,(H,16,17). The Morgan fingerprint density at radius 2 is 1.95 bits per heavy atom. The van der Waals surface area contributed by atoms with Gasteiger partial charge < -0.3 is 5.11 Å². The quantitative estimate of drug-likeness (QED) is 0.667. The SMILES string of the molecule is Cc1cc([N+](=O)[O-])ccc1-n1cc([N+](=O)[O-])c(C(=O)O)n1. The molecule has 0 aliphatic carbocycles. The second-order valence-corrected chi connectivity index (χ2v) is 4.10. The third-order valence-corrected chi connectivity index (χ3v) is 2.73. The Hall–Kier alpha value is -3.30. The maximum atomic E-state index is 10.9. The van der Waals surface area contributed by atoms with E-state index in [9.17, 15) is 25.0 Å². The minimum absolute atomic E-state index is 0.142. The summed E-state index contributed by atoms with van der Waals surface area (Å²) in [6, 6.07) is 3.81. The van der Waals surface area contributed by atoms with E-state index in [-0.39, 0.29) is 5.69 Å². The number of aromatic carboxylic acids is 1. The average Bonchev–Trinajstić information content (AvgIpc) is 2.83. The number of rotatable bonds is 4. The maximum absolute atomic E-state index is 10.9. The summed E-state index contributed by atoms with van der Waals surface area (Å²) in [6.45, 7) is 1.55. The first-order valence-corrected chi connectivity index (χ1v) is 5.54. The van der Waals surface area contributed by atoms with E-state index in [2.05, 4.69) is 5.10 Å². The topological polar surface area (TPSA) is 141 Å². The summed E-state index contributed by atoms with van der Waals surface area (Å²) in [5, 5.41) is 34.0. The molecule has 0 amide bonds. The first kappa shape index (κ1) is 14.1. The number of nitro benzene ring substituents is 1. The second-order valence-electron chi connectivity index (χ2n) is 4.10. The molecule has 1 aromatic heterocycles. The van der Waals surface area contributed by atoms with Gasteiger partial charge in [0.25, 0.3) is 5.69 Å². The van der Waals surface area contributed by atoms with Crippen LogP contribution in [0.5, 0.6) is 0 Å². The molecule has 10 nitrogen and oxygen atoms in total. The Bertz CT molecular complexity index is 735. The highest BCUT2D eigenvalue weighted by Crippen LogP contribution is 2.24. The van der Waals surface area contributed by atoms with Crippen LogP contribution >= 0.6 is 0 Å². The summed E-state index contributed by atoms with van der Waals surface area (Å²) in [5.74, 6) is -1.53. The second kappa shape index (κ2) is 5.00. The number of hydrogen-bond donors (Lipinski definition) is 1. The van der Waals surface area contributed by atoms with E-state index in [0.717, 1.165) is 10.9 Å². The van der Waals surface area contributed by atoms with E-state index in [1.54, 1.807) is 6.92 Å². The fourth-order valence-electron chi connectivity index (χ4n) is 1.78. The van der Waals surface area contributed by atoms with E-state index in [1.165, 1.54) is 18.2 Å². The molecule has 0 aliphatic heterocycles. The molecule has 0 aliphatic rings. The molecule has 0 saturated carbocycles. The van der Waals surface area contributed by atoms with E-state index in [1.807, 2.05) is 0 Å². The molecule has 0 bridgehead atoms. The Labute approximate surface area is 116 Å². The fourth-order valence-corrected chi connectivity index (χ4v) is 1.78. The minimum Gasteiger partial charge on any atom is -0.476 e. The van der Waals surface area contributed by atoms with Crippen molar-refractivity contribution in [2.45, 2.75) is 6.92 Å². The third kappa shape index (κ3) is 2.54. The van der Waals surface area contributed by atoms with E-state index >= 15 is 0 Å². The summed E-state index contributed by atoms with van der Waals surface area (Å²) in [4.78, 5) is 31.0. The largest absolute Gasteiger partial charge is 0.476 e. The predicted molar refractivity (Wildman–Crippen MR) is 68.6 cm³/mol. The van der Waals surface area contributed by atoms with Crippen molar-refractivity contribution in [2.24, 2.45) is 0 Å². The van der Waals surface area contributed by atoms with Crippen LogP contribution in [-0.2, 0) is 0 Å². The van der Waals surface area contributed by atoms with Crippen molar-refractivity contribution in [1.29, 1.82) is 0 Å². The number of carboxylic acids is 1. The Morgan fingerprint density at radius 1 is 1.29 bits per heavy atom. The van der Waals surface area contributed by atoms with Gasteiger partial charge in [-0.15, -0.1) is 0 Å². The van der Waals surface area contributed by atoms with E-state index in [0.29, 0.717) is 11.3 Å². The molecule has 0 unspecified atom stereocenters. The number of carboxylic acid groups (broad SMARTS) is 1. The number of nitro groups is 2. The van der Waals surface area contributed by atoms with Gasteiger partial charge in [-0.1, -0.05) is 0 Å². The van der Waals surface area contributed by atoms with Gasteiger partial charge >= 0.3 is 11.7 Å². The van der Waals surface area contributed by atoms with Gasteiger partial charge in [-0.3, -0.25) is 20.2 Å². The number of non-ortho nitro benzene ring substituents is 1. The van der Waals surface area contributed by atoms with Crippen LogP contribution in [0.2, 0.25) is 0 Å². The molecule has 0 saturated heterocycles. The lowest BCUT2D eigenvalue weighted by molar-refractivity contribution is -0.385. The van der Waals surface area contributed by atoms with Crippen LogP contribution in [0.25, 0.3) is 5.69 Å². The Kier molecular flexibility index (Phi) is 3.36. The summed E-state index contributed by atoms with van der Waals surface area (Å²) in [6.07, 6.45) is 0.956. The minimum atomic E-state index is -1.53. The number of nitrogens with zero attached hydrogens (tertiary/aromatic N) is 4. The lowest BCUT2D eigenvalue weighted by Gasteiger charge is -2.04. The van der Waals surface area contributed by atoms with Crippen molar-refractivity contribution < 1.29 is 19.7 Å². The van der Waals surface area contributed by atoms with Crippen LogP contribution in [-0.4, -0.2) is 30.7 Å². The molecule has 0 fully saturated rings. The summed E-state index contributed by atoms with van der Waals surface area (Å²) < 4.78 is 1.01. The van der Waals surface area contributed by atoms with E-state index < -0.39 is 27.2 Å². The first-order valence-electron chi connectivity index (χ1n) is 5.54. The molecule has 1 N–H and O–H groups in total. The van der Waals surface area contributed by atoms with Crippen LogP contribution in [0.15, 0.2) is 24.4 Å². The van der Waals surface area contributed by atoms with Gasteiger partial charge in [-0.05, 0) is 18.6 Å². The number of aryl methyl sites for hydroxylation is 1. The molecule has 0 radical (unpaired) electrons. The first-order chi connectivity index (χ1) is 9.81. The zero-order chi connectivity index (χ0) is 15.7. The number of aromatic nitrogens is 2. The molecule has 108 valence electrons. The molecule has 0 spiro atoms. The van der Waals surface area contributed by atoms with Crippen molar-refractivity contribution in [2.75, 3.05) is 0 Å². The van der Waals surface area contributed by atoms with Gasteiger partial charge in [-0.2, -0.15) is 5.10 Å². The lowest BCUT2D eigenvalue weighted by Crippen LogP contribution is -2.03. The van der Waals surface area contributed by atoms with Gasteiger partial charge in [0.15, 0.2) is 0 Å². The predicted octanol–water partition coefficient (Wildman–Crippen LogP) is 1.70. The van der Waals surface area contributed by atoms with Crippen molar-refractivity contribution in [3.8, 4) is 5.69 Å². The van der Waals surface area contributed by atoms with Gasteiger partial charge in [0.05, 0.1) is 15.5 Å². The number of hydrogen-bond acceptors (Lipinski definition) is 6. The number of benzene rings is 1. The Balaban J connectivity index is 2.57. The lowest BCUT2D eigenvalue weighted by atomic mass is 10.2. The fraction of sp³-hybridized carbons (Fsp3) is 0.0909. The smallest absolute Gasteiger partial charge is 0.363 e. The monoisotopic (exact) mass is 292 g/mol. The molecular weight excluding hydrogens is 284 g/mol. The average molecular weight is 292 g/mol. The Morgan fingerprint density at radius 3 is 2.38 bits per heavy atom. The molecule has 1 aromatic carbocycles. The molecule has 0 atom stereocenters. The molecule has 10 heteroatoms. The van der Waals surface area contributed by atoms with Gasteiger partial charge in [0, 0.05) is 12.1 Å². The molecule has 2 rings (SSSR count). The third-order valence-electron chi connectivity index (χ3n) is 2.73. The maximum Gasteiger partial charge on any atom is 0.363 e. The molecule has 21 heavy (non-hydrogen) atoms. The zero-order valence-electron chi connectivity index (χ0n) is 10.6. The van der Waals surface area contributed by atoms with Crippen LogP contribution in [0.4, 0.5) is 11.4 Å². The van der Waals surface area contributed by atoms with Crippen molar-refractivity contribution in [3.05, 3.63) is 55.9 Å². The van der Waals surface area contributed by atoms with Crippen LogP contribution < -0.4 is 0 Å². The summed E-state index contributed by atoms with van der Waals surface area (Å²) in [5.41, 5.74) is -0.746. The highest BCUT2D eigenvalue weighted by Gasteiger charge is 2.26. The van der Waals surface area contributed by atoms with Gasteiger partial charge in [-0.25, -0.2) is 9.48 Å². The zero-order valence-corrected chi connectivity index (χ0v) is 10.6. The normalized spacial score (nSPS) is 10.3.